The van der Waals surface area contributed by atoms with Crippen LogP contribution in [-0.2, 0) is 16.6 Å². The fourth-order valence-corrected chi connectivity index (χ4v) is 5.69. The van der Waals surface area contributed by atoms with Crippen molar-refractivity contribution in [3.05, 3.63) is 35.4 Å². The average Bonchev–Trinajstić information content (AvgIpc) is 2.58. The molecule has 0 unspecified atom stereocenters. The highest BCUT2D eigenvalue weighted by atomic mass is 16.3. The zero-order valence-electron chi connectivity index (χ0n) is 15.8. The summed E-state index contributed by atoms with van der Waals surface area (Å²) in [5.41, 5.74) is 3.12. The fraction of sp³-hybridized carbons (Fsp3) is 0.682. The molecule has 0 radical (unpaired) electrons. The van der Waals surface area contributed by atoms with Crippen LogP contribution in [0.1, 0.15) is 64.0 Å². The predicted octanol–water partition coefficient (Wildman–Crippen LogP) is 3.68. The van der Waals surface area contributed by atoms with Crippen LogP contribution in [0.4, 0.5) is 0 Å². The zero-order valence-corrected chi connectivity index (χ0v) is 15.8. The number of carbonyl (C=O) groups is 1. The van der Waals surface area contributed by atoms with Gasteiger partial charge in [0.15, 0.2) is 0 Å². The molecule has 3 nitrogen and oxygen atoms in total. The molecular weight excluding hydrogens is 310 g/mol. The van der Waals surface area contributed by atoms with Gasteiger partial charge in [0.1, 0.15) is 0 Å². The topological polar surface area (TPSA) is 40.5 Å². The van der Waals surface area contributed by atoms with Gasteiger partial charge in [-0.2, -0.15) is 0 Å². The minimum absolute atomic E-state index is 0.0729. The molecule has 1 saturated heterocycles. The van der Waals surface area contributed by atoms with E-state index in [9.17, 15) is 9.90 Å². The van der Waals surface area contributed by atoms with E-state index in [0.29, 0.717) is 5.91 Å². The number of aliphatic hydroxyl groups is 1. The van der Waals surface area contributed by atoms with Crippen molar-refractivity contribution in [1.82, 2.24) is 4.90 Å². The fourth-order valence-electron chi connectivity index (χ4n) is 5.69. The molecule has 1 heterocycles. The van der Waals surface area contributed by atoms with Gasteiger partial charge in [-0.25, -0.2) is 0 Å². The summed E-state index contributed by atoms with van der Waals surface area (Å²) in [6.07, 6.45) is 5.05. The standard InChI is InChI=1S/C22H31NO2/c1-21(2)19-14-16-6-4-5-7-18(16)22(21,3)12-13-23(19)20(25)15-8-10-17(24)11-9-15/h4-7,15,17,19,24H,8-14H2,1-3H3/t15?,17?,19-,22+/m1/s1. The molecule has 0 spiro atoms. The predicted molar refractivity (Wildman–Crippen MR) is 99.4 cm³/mol. The third kappa shape index (κ3) is 2.46. The number of piperidine rings is 1. The second-order valence-electron chi connectivity index (χ2n) is 9.22. The Morgan fingerprint density at radius 3 is 2.52 bits per heavy atom. The number of likely N-dealkylation sites (tertiary alicyclic amines) is 1. The van der Waals surface area contributed by atoms with Crippen molar-refractivity contribution < 1.29 is 9.90 Å². The van der Waals surface area contributed by atoms with E-state index < -0.39 is 0 Å². The summed E-state index contributed by atoms with van der Waals surface area (Å²) in [6.45, 7) is 7.99. The van der Waals surface area contributed by atoms with Crippen molar-refractivity contribution in [1.29, 1.82) is 0 Å². The maximum atomic E-state index is 13.3. The minimum Gasteiger partial charge on any atom is -0.393 e. The van der Waals surface area contributed by atoms with Crippen LogP contribution in [0.15, 0.2) is 24.3 Å². The highest BCUT2D eigenvalue weighted by Gasteiger charge is 2.57. The molecule has 25 heavy (non-hydrogen) atoms. The van der Waals surface area contributed by atoms with Gasteiger partial charge < -0.3 is 10.0 Å². The Labute approximate surface area is 151 Å². The van der Waals surface area contributed by atoms with Gasteiger partial charge in [-0.05, 0) is 55.1 Å². The highest BCUT2D eigenvalue weighted by Crippen LogP contribution is 2.56. The lowest BCUT2D eigenvalue weighted by atomic mass is 9.51. The van der Waals surface area contributed by atoms with Gasteiger partial charge in [0.25, 0.3) is 0 Å². The Morgan fingerprint density at radius 1 is 1.12 bits per heavy atom. The van der Waals surface area contributed by atoms with Gasteiger partial charge in [0.2, 0.25) is 5.91 Å². The Morgan fingerprint density at radius 2 is 1.80 bits per heavy atom. The van der Waals surface area contributed by atoms with Crippen LogP contribution in [-0.4, -0.2) is 34.6 Å². The lowest BCUT2D eigenvalue weighted by Crippen LogP contribution is -2.65. The van der Waals surface area contributed by atoms with Crippen molar-refractivity contribution in [2.75, 3.05) is 6.54 Å². The summed E-state index contributed by atoms with van der Waals surface area (Å²) in [4.78, 5) is 15.5. The lowest BCUT2D eigenvalue weighted by Gasteiger charge is -2.61. The monoisotopic (exact) mass is 341 g/mol. The number of rotatable bonds is 1. The molecule has 1 amide bonds. The van der Waals surface area contributed by atoms with E-state index in [2.05, 4.69) is 49.9 Å². The number of amides is 1. The van der Waals surface area contributed by atoms with E-state index in [1.54, 1.807) is 0 Å². The van der Waals surface area contributed by atoms with E-state index in [-0.39, 0.29) is 28.9 Å². The molecule has 1 aliphatic heterocycles. The number of benzene rings is 1. The van der Waals surface area contributed by atoms with Crippen LogP contribution < -0.4 is 0 Å². The third-order valence-electron chi connectivity index (χ3n) is 7.84. The minimum atomic E-state index is -0.202. The first-order valence-corrected chi connectivity index (χ1v) is 9.91. The molecule has 2 atom stereocenters. The molecule has 1 saturated carbocycles. The number of nitrogens with zero attached hydrogens (tertiary/aromatic N) is 1. The molecule has 4 rings (SSSR count). The molecule has 1 aromatic carbocycles. The van der Waals surface area contributed by atoms with Crippen molar-refractivity contribution in [3.63, 3.8) is 0 Å². The van der Waals surface area contributed by atoms with Crippen molar-refractivity contribution in [2.24, 2.45) is 11.3 Å². The van der Waals surface area contributed by atoms with E-state index >= 15 is 0 Å². The van der Waals surface area contributed by atoms with E-state index in [4.69, 9.17) is 0 Å². The van der Waals surface area contributed by atoms with Gasteiger partial charge in [-0.3, -0.25) is 4.79 Å². The average molecular weight is 341 g/mol. The normalized spacial score (nSPS) is 36.6. The largest absolute Gasteiger partial charge is 0.393 e. The highest BCUT2D eigenvalue weighted by molar-refractivity contribution is 5.80. The van der Waals surface area contributed by atoms with Crippen molar-refractivity contribution in [3.8, 4) is 0 Å². The molecule has 2 aliphatic carbocycles. The van der Waals surface area contributed by atoms with Gasteiger partial charge >= 0.3 is 0 Å². The van der Waals surface area contributed by atoms with Gasteiger partial charge in [-0.15, -0.1) is 0 Å². The van der Waals surface area contributed by atoms with Gasteiger partial charge in [0.05, 0.1) is 6.10 Å². The van der Waals surface area contributed by atoms with E-state index in [1.165, 1.54) is 11.1 Å². The van der Waals surface area contributed by atoms with E-state index in [0.717, 1.165) is 45.1 Å². The lowest BCUT2D eigenvalue weighted by molar-refractivity contribution is -0.149. The summed E-state index contributed by atoms with van der Waals surface area (Å²) >= 11 is 0. The van der Waals surface area contributed by atoms with Gasteiger partial charge in [-0.1, -0.05) is 45.0 Å². The SMILES string of the molecule is CC1(C)[C@H]2Cc3ccccc3[C@]1(C)CCN2C(=O)C1CCC(O)CC1. The molecule has 3 aliphatic rings. The molecule has 2 bridgehead atoms. The van der Waals surface area contributed by atoms with Crippen LogP contribution >= 0.6 is 0 Å². The number of hydrogen-bond acceptors (Lipinski definition) is 2. The Kier molecular flexibility index (Phi) is 3.99. The summed E-state index contributed by atoms with van der Waals surface area (Å²) in [6, 6.07) is 9.12. The van der Waals surface area contributed by atoms with Gasteiger partial charge in [0, 0.05) is 23.9 Å². The quantitative estimate of drug-likeness (QED) is 0.846. The third-order valence-corrected chi connectivity index (χ3v) is 7.84. The second kappa shape index (κ2) is 5.84. The molecule has 2 fully saturated rings. The van der Waals surface area contributed by atoms with Crippen LogP contribution in [0.5, 0.6) is 0 Å². The molecular formula is C22H31NO2. The first kappa shape index (κ1) is 17.1. The Hall–Kier alpha value is -1.35. The van der Waals surface area contributed by atoms with Crippen molar-refractivity contribution in [2.45, 2.75) is 76.9 Å². The second-order valence-corrected chi connectivity index (χ2v) is 9.22. The van der Waals surface area contributed by atoms with E-state index in [1.807, 2.05) is 0 Å². The summed E-state index contributed by atoms with van der Waals surface area (Å²) < 4.78 is 0. The number of fused-ring (bicyclic) bond motifs is 4. The van der Waals surface area contributed by atoms with Crippen LogP contribution in [0.2, 0.25) is 0 Å². The maximum absolute atomic E-state index is 13.3. The van der Waals surface area contributed by atoms with Crippen LogP contribution in [0.3, 0.4) is 0 Å². The number of carbonyl (C=O) groups excluding carboxylic acids is 1. The van der Waals surface area contributed by atoms with Crippen LogP contribution in [0, 0.1) is 11.3 Å². The Bertz CT molecular complexity index is 674. The molecule has 1 N–H and O–H groups in total. The molecule has 136 valence electrons. The maximum Gasteiger partial charge on any atom is 0.225 e. The first-order chi connectivity index (χ1) is 11.8. The van der Waals surface area contributed by atoms with Crippen LogP contribution in [0.25, 0.3) is 0 Å². The summed E-state index contributed by atoms with van der Waals surface area (Å²) in [5, 5.41) is 9.76. The molecule has 3 heteroatoms. The summed E-state index contributed by atoms with van der Waals surface area (Å²) in [7, 11) is 0. The summed E-state index contributed by atoms with van der Waals surface area (Å²) in [5.74, 6) is 0.451. The number of hydrogen-bond donors (Lipinski definition) is 1. The smallest absolute Gasteiger partial charge is 0.225 e. The van der Waals surface area contributed by atoms with Crippen molar-refractivity contribution >= 4 is 5.91 Å². The molecule has 1 aromatic rings. The zero-order chi connectivity index (χ0) is 17.8. The Balaban J connectivity index is 1.65. The first-order valence-electron chi connectivity index (χ1n) is 9.91. The number of aliphatic hydroxyl groups excluding tert-OH is 1. The molecule has 0 aromatic heterocycles.